The topological polar surface area (TPSA) is 26.0 Å². The summed E-state index contributed by atoms with van der Waals surface area (Å²) in [7, 11) is 0. The van der Waals surface area contributed by atoms with Gasteiger partial charge in [-0.25, -0.2) is 8.78 Å². The van der Waals surface area contributed by atoms with Crippen molar-refractivity contribution in [3.05, 3.63) is 35.4 Å². The highest BCUT2D eigenvalue weighted by Crippen LogP contribution is 2.50. The molecule has 0 aliphatic heterocycles. The molecule has 1 aliphatic rings. The Morgan fingerprint density at radius 2 is 1.82 bits per heavy atom. The van der Waals surface area contributed by atoms with Crippen LogP contribution in [0.2, 0.25) is 0 Å². The van der Waals surface area contributed by atoms with E-state index >= 15 is 0 Å². The van der Waals surface area contributed by atoms with Gasteiger partial charge in [0.25, 0.3) is 0 Å². The zero-order chi connectivity index (χ0) is 12.7. The molecule has 1 nitrogen and oxygen atoms in total. The molecular formula is C14H19F2N. The van der Waals surface area contributed by atoms with E-state index in [1.807, 2.05) is 19.1 Å². The highest BCUT2D eigenvalue weighted by atomic mass is 19.3. The average molecular weight is 239 g/mol. The molecule has 0 radical (unpaired) electrons. The molecule has 3 heteroatoms. The molecule has 0 bridgehead atoms. The minimum Gasteiger partial charge on any atom is -0.327 e. The summed E-state index contributed by atoms with van der Waals surface area (Å²) in [5.41, 5.74) is 7.96. The second-order valence-corrected chi connectivity index (χ2v) is 5.39. The van der Waals surface area contributed by atoms with Gasteiger partial charge in [-0.05, 0) is 37.8 Å². The van der Waals surface area contributed by atoms with Crippen LogP contribution in [0.25, 0.3) is 0 Å². The lowest BCUT2D eigenvalue weighted by Gasteiger charge is -2.20. The second kappa shape index (κ2) is 4.05. The summed E-state index contributed by atoms with van der Waals surface area (Å²) in [6, 6.07) is 7.64. The molecule has 0 spiro atoms. The Morgan fingerprint density at radius 1 is 1.29 bits per heavy atom. The Hall–Kier alpha value is -0.960. The van der Waals surface area contributed by atoms with Gasteiger partial charge in [0.2, 0.25) is 5.92 Å². The molecule has 2 rings (SSSR count). The van der Waals surface area contributed by atoms with Crippen LogP contribution in [0.3, 0.4) is 0 Å². The van der Waals surface area contributed by atoms with Gasteiger partial charge in [0.05, 0.1) is 0 Å². The summed E-state index contributed by atoms with van der Waals surface area (Å²) < 4.78 is 25.7. The van der Waals surface area contributed by atoms with E-state index in [-0.39, 0.29) is 17.9 Å². The first-order chi connectivity index (χ1) is 7.83. The molecule has 0 saturated heterocycles. The van der Waals surface area contributed by atoms with Crippen molar-refractivity contribution in [1.29, 1.82) is 0 Å². The third-order valence-electron chi connectivity index (χ3n) is 3.70. The lowest BCUT2D eigenvalue weighted by atomic mass is 9.88. The van der Waals surface area contributed by atoms with E-state index in [2.05, 4.69) is 0 Å². The molecule has 17 heavy (non-hydrogen) atoms. The summed E-state index contributed by atoms with van der Waals surface area (Å²) >= 11 is 0. The van der Waals surface area contributed by atoms with Gasteiger partial charge in [0, 0.05) is 17.9 Å². The highest BCUT2D eigenvalue weighted by Gasteiger charge is 2.47. The van der Waals surface area contributed by atoms with E-state index in [9.17, 15) is 8.78 Å². The normalized spacial score (nSPS) is 20.1. The van der Waals surface area contributed by atoms with Gasteiger partial charge >= 0.3 is 0 Å². The predicted molar refractivity (Wildman–Crippen MR) is 65.3 cm³/mol. The molecule has 1 aromatic rings. The SMILES string of the molecule is CC(N)C1(c2ccc(CC(C)(F)F)cc2)CC1. The fourth-order valence-electron chi connectivity index (χ4n) is 2.45. The molecule has 1 aliphatic carbocycles. The van der Waals surface area contributed by atoms with E-state index in [4.69, 9.17) is 5.73 Å². The van der Waals surface area contributed by atoms with Gasteiger partial charge < -0.3 is 5.73 Å². The zero-order valence-electron chi connectivity index (χ0n) is 10.3. The molecule has 0 heterocycles. The van der Waals surface area contributed by atoms with Gasteiger partial charge in [-0.15, -0.1) is 0 Å². The van der Waals surface area contributed by atoms with Crippen molar-refractivity contribution in [2.24, 2.45) is 5.73 Å². The van der Waals surface area contributed by atoms with Crippen molar-refractivity contribution in [3.8, 4) is 0 Å². The minimum atomic E-state index is -2.64. The molecule has 0 aromatic heterocycles. The molecule has 1 fully saturated rings. The van der Waals surface area contributed by atoms with Crippen molar-refractivity contribution < 1.29 is 8.78 Å². The minimum absolute atomic E-state index is 0.104. The van der Waals surface area contributed by atoms with Crippen LogP contribution in [0.4, 0.5) is 8.78 Å². The van der Waals surface area contributed by atoms with E-state index in [0.717, 1.165) is 19.8 Å². The Bertz CT molecular complexity index is 386. The van der Waals surface area contributed by atoms with E-state index in [1.54, 1.807) is 12.1 Å². The monoisotopic (exact) mass is 239 g/mol. The third kappa shape index (κ3) is 2.65. The quantitative estimate of drug-likeness (QED) is 0.857. The van der Waals surface area contributed by atoms with E-state index in [0.29, 0.717) is 5.56 Å². The van der Waals surface area contributed by atoms with Gasteiger partial charge in [0.1, 0.15) is 0 Å². The molecule has 1 saturated carbocycles. The number of hydrogen-bond donors (Lipinski definition) is 1. The van der Waals surface area contributed by atoms with Crippen molar-refractivity contribution in [3.63, 3.8) is 0 Å². The Kier molecular flexibility index (Phi) is 2.98. The third-order valence-corrected chi connectivity index (χ3v) is 3.70. The van der Waals surface area contributed by atoms with Crippen LogP contribution in [0.15, 0.2) is 24.3 Å². The summed E-state index contributed by atoms with van der Waals surface area (Å²) in [6.45, 7) is 2.96. The molecule has 94 valence electrons. The van der Waals surface area contributed by atoms with Crippen LogP contribution in [0.1, 0.15) is 37.8 Å². The number of benzene rings is 1. The maximum Gasteiger partial charge on any atom is 0.249 e. The van der Waals surface area contributed by atoms with Crippen LogP contribution in [0, 0.1) is 0 Å². The Balaban J connectivity index is 2.14. The maximum absolute atomic E-state index is 12.9. The summed E-state index contributed by atoms with van der Waals surface area (Å²) in [5.74, 6) is -2.64. The number of halogens is 2. The van der Waals surface area contributed by atoms with Gasteiger partial charge in [-0.1, -0.05) is 24.3 Å². The van der Waals surface area contributed by atoms with Crippen molar-refractivity contribution in [2.75, 3.05) is 0 Å². The summed E-state index contributed by atoms with van der Waals surface area (Å²) in [6.07, 6.45) is 2.01. The molecule has 1 unspecified atom stereocenters. The first kappa shape index (κ1) is 12.5. The standard InChI is InChI=1S/C14H19F2N/c1-10(17)14(7-8-14)12-5-3-11(4-6-12)9-13(2,15)16/h3-6,10H,7-9,17H2,1-2H3. The van der Waals surface area contributed by atoms with Gasteiger partial charge in [0.15, 0.2) is 0 Å². The Labute approximate surface area is 101 Å². The summed E-state index contributed by atoms with van der Waals surface area (Å²) in [4.78, 5) is 0. The fourth-order valence-corrected chi connectivity index (χ4v) is 2.45. The lowest BCUT2D eigenvalue weighted by Crippen LogP contribution is -2.31. The molecule has 1 aromatic carbocycles. The van der Waals surface area contributed by atoms with E-state index in [1.165, 1.54) is 5.56 Å². The Morgan fingerprint density at radius 3 is 2.18 bits per heavy atom. The number of rotatable bonds is 4. The average Bonchev–Trinajstić information content (AvgIpc) is 2.97. The predicted octanol–water partition coefficient (Wildman–Crippen LogP) is 3.26. The zero-order valence-corrected chi connectivity index (χ0v) is 10.3. The lowest BCUT2D eigenvalue weighted by molar-refractivity contribution is 0.0226. The molecule has 0 amide bonds. The van der Waals surface area contributed by atoms with Crippen LogP contribution < -0.4 is 5.73 Å². The molecular weight excluding hydrogens is 220 g/mol. The van der Waals surface area contributed by atoms with Crippen LogP contribution in [-0.4, -0.2) is 12.0 Å². The fraction of sp³-hybridized carbons (Fsp3) is 0.571. The van der Waals surface area contributed by atoms with Crippen molar-refractivity contribution >= 4 is 0 Å². The summed E-state index contributed by atoms with van der Waals surface area (Å²) in [5, 5.41) is 0. The molecule has 2 N–H and O–H groups in total. The largest absolute Gasteiger partial charge is 0.327 e. The molecule has 1 atom stereocenters. The highest BCUT2D eigenvalue weighted by molar-refractivity contribution is 5.35. The maximum atomic E-state index is 12.9. The van der Waals surface area contributed by atoms with Crippen LogP contribution >= 0.6 is 0 Å². The number of nitrogens with two attached hydrogens (primary N) is 1. The van der Waals surface area contributed by atoms with Crippen LogP contribution in [0.5, 0.6) is 0 Å². The van der Waals surface area contributed by atoms with Gasteiger partial charge in [-0.3, -0.25) is 0 Å². The number of alkyl halides is 2. The van der Waals surface area contributed by atoms with Gasteiger partial charge in [-0.2, -0.15) is 0 Å². The van der Waals surface area contributed by atoms with Crippen molar-refractivity contribution in [1.82, 2.24) is 0 Å². The first-order valence-electron chi connectivity index (χ1n) is 6.06. The van der Waals surface area contributed by atoms with Crippen LogP contribution in [-0.2, 0) is 11.8 Å². The number of hydrogen-bond acceptors (Lipinski definition) is 1. The first-order valence-corrected chi connectivity index (χ1v) is 6.06. The second-order valence-electron chi connectivity index (χ2n) is 5.39. The van der Waals surface area contributed by atoms with E-state index < -0.39 is 5.92 Å². The smallest absolute Gasteiger partial charge is 0.249 e. The van der Waals surface area contributed by atoms with Crippen molar-refractivity contribution in [2.45, 2.75) is 50.5 Å².